The molecule has 3 nitrogen and oxygen atoms in total. The molecule has 1 atom stereocenters. The van der Waals surface area contributed by atoms with Crippen molar-refractivity contribution in [3.05, 3.63) is 27.7 Å². The molecule has 1 aromatic carbocycles. The van der Waals surface area contributed by atoms with Gasteiger partial charge in [-0.3, -0.25) is 4.79 Å². The highest BCUT2D eigenvalue weighted by Gasteiger charge is 2.22. The van der Waals surface area contributed by atoms with Crippen molar-refractivity contribution in [3.63, 3.8) is 0 Å². The van der Waals surface area contributed by atoms with Gasteiger partial charge in [-0.2, -0.15) is 0 Å². The fourth-order valence-corrected chi connectivity index (χ4v) is 2.19. The summed E-state index contributed by atoms with van der Waals surface area (Å²) in [4.78, 5) is 11.8. The molecule has 1 aliphatic heterocycles. The van der Waals surface area contributed by atoms with Crippen LogP contribution in [0.3, 0.4) is 0 Å². The first-order valence-electron chi connectivity index (χ1n) is 5.13. The Morgan fingerprint density at radius 2 is 2.29 bits per heavy atom. The predicted molar refractivity (Wildman–Crippen MR) is 76.0 cm³/mol. The monoisotopic (exact) mass is 338 g/mol. The second-order valence-corrected chi connectivity index (χ2v) is 5.07. The van der Waals surface area contributed by atoms with Crippen molar-refractivity contribution in [2.45, 2.75) is 6.42 Å². The Morgan fingerprint density at radius 1 is 1.53 bits per heavy atom. The maximum absolute atomic E-state index is 11.8. The van der Waals surface area contributed by atoms with Crippen molar-refractivity contribution in [1.82, 2.24) is 5.32 Å². The van der Waals surface area contributed by atoms with Crippen LogP contribution in [-0.4, -0.2) is 19.0 Å². The van der Waals surface area contributed by atoms with E-state index < -0.39 is 0 Å². The highest BCUT2D eigenvalue weighted by molar-refractivity contribution is 9.10. The summed E-state index contributed by atoms with van der Waals surface area (Å²) in [6.07, 6.45) is 0.903. The summed E-state index contributed by atoms with van der Waals surface area (Å²) in [6.45, 7) is 1.68. The van der Waals surface area contributed by atoms with E-state index in [9.17, 15) is 4.79 Å². The number of hydrogen-bond donors (Lipinski definition) is 2. The van der Waals surface area contributed by atoms with Gasteiger partial charge in [0.25, 0.3) is 0 Å². The first-order chi connectivity index (χ1) is 7.66. The van der Waals surface area contributed by atoms with Crippen LogP contribution < -0.4 is 10.6 Å². The van der Waals surface area contributed by atoms with Crippen molar-refractivity contribution in [1.29, 1.82) is 0 Å². The molecule has 1 aromatic rings. The second-order valence-electron chi connectivity index (χ2n) is 3.81. The zero-order valence-electron chi connectivity index (χ0n) is 9.00. The molecule has 1 unspecified atom stereocenters. The minimum Gasteiger partial charge on any atom is -0.326 e. The molecule has 2 rings (SSSR count). The first-order valence-corrected chi connectivity index (χ1v) is 6.30. The topological polar surface area (TPSA) is 41.1 Å². The normalized spacial score (nSPS) is 18.6. The number of amides is 1. The van der Waals surface area contributed by atoms with Gasteiger partial charge in [-0.05, 0) is 47.1 Å². The summed E-state index contributed by atoms with van der Waals surface area (Å²) in [6, 6.07) is 5.37. The fourth-order valence-electron chi connectivity index (χ4n) is 1.70. The van der Waals surface area contributed by atoms with Crippen LogP contribution in [0.2, 0.25) is 5.02 Å². The molecule has 6 heteroatoms. The van der Waals surface area contributed by atoms with Gasteiger partial charge in [0.05, 0.1) is 10.9 Å². The molecule has 0 aromatic heterocycles. The summed E-state index contributed by atoms with van der Waals surface area (Å²) in [5.74, 6) is 0.147. The highest BCUT2D eigenvalue weighted by atomic mass is 79.9. The van der Waals surface area contributed by atoms with E-state index in [0.717, 1.165) is 29.7 Å². The van der Waals surface area contributed by atoms with Crippen LogP contribution in [0.4, 0.5) is 5.69 Å². The van der Waals surface area contributed by atoms with Gasteiger partial charge >= 0.3 is 0 Å². The molecular formula is C11H13BrCl2N2O. The van der Waals surface area contributed by atoms with Crippen molar-refractivity contribution in [3.8, 4) is 0 Å². The molecule has 1 aliphatic rings. The maximum atomic E-state index is 11.8. The van der Waals surface area contributed by atoms with Gasteiger partial charge in [0, 0.05) is 16.7 Å². The first kappa shape index (κ1) is 14.8. The molecule has 0 aliphatic carbocycles. The quantitative estimate of drug-likeness (QED) is 0.869. The lowest BCUT2D eigenvalue weighted by atomic mass is 10.1. The molecule has 0 saturated carbocycles. The van der Waals surface area contributed by atoms with Gasteiger partial charge in [0.15, 0.2) is 0 Å². The van der Waals surface area contributed by atoms with Gasteiger partial charge in [-0.25, -0.2) is 0 Å². The number of benzene rings is 1. The van der Waals surface area contributed by atoms with Crippen LogP contribution in [0.15, 0.2) is 22.7 Å². The zero-order valence-corrected chi connectivity index (χ0v) is 12.2. The van der Waals surface area contributed by atoms with Crippen molar-refractivity contribution < 1.29 is 4.79 Å². The number of hydrogen-bond acceptors (Lipinski definition) is 2. The average Bonchev–Trinajstić information content (AvgIpc) is 2.77. The Kier molecular flexibility index (Phi) is 5.73. The van der Waals surface area contributed by atoms with Crippen molar-refractivity contribution in [2.24, 2.45) is 5.92 Å². The Hall–Kier alpha value is -0.290. The third kappa shape index (κ3) is 3.85. The van der Waals surface area contributed by atoms with Gasteiger partial charge in [-0.1, -0.05) is 11.6 Å². The van der Waals surface area contributed by atoms with E-state index in [1.54, 1.807) is 12.1 Å². The molecule has 1 heterocycles. The minimum absolute atomic E-state index is 0. The average molecular weight is 340 g/mol. The molecule has 0 bridgehead atoms. The molecule has 94 valence electrons. The van der Waals surface area contributed by atoms with E-state index in [4.69, 9.17) is 11.6 Å². The molecule has 1 saturated heterocycles. The largest absolute Gasteiger partial charge is 0.326 e. The third-order valence-electron chi connectivity index (χ3n) is 2.62. The van der Waals surface area contributed by atoms with E-state index >= 15 is 0 Å². The van der Waals surface area contributed by atoms with Gasteiger partial charge < -0.3 is 10.6 Å². The zero-order chi connectivity index (χ0) is 11.5. The van der Waals surface area contributed by atoms with E-state index in [0.29, 0.717) is 5.02 Å². The SMILES string of the molecule is Cl.O=C(Nc1ccc(Cl)c(Br)c1)C1CCNC1. The number of nitrogens with one attached hydrogen (secondary N) is 2. The van der Waals surface area contributed by atoms with E-state index in [-0.39, 0.29) is 24.2 Å². The van der Waals surface area contributed by atoms with Crippen LogP contribution in [-0.2, 0) is 4.79 Å². The van der Waals surface area contributed by atoms with Crippen LogP contribution in [0, 0.1) is 5.92 Å². The molecule has 0 spiro atoms. The number of halogens is 3. The standard InChI is InChI=1S/C11H12BrClN2O.ClH/c12-9-5-8(1-2-10(9)13)15-11(16)7-3-4-14-6-7;/h1-2,5,7,14H,3-4,6H2,(H,15,16);1H. The summed E-state index contributed by atoms with van der Waals surface area (Å²) in [7, 11) is 0. The number of anilines is 1. The predicted octanol–water partition coefficient (Wildman–Crippen LogP) is 3.07. The summed E-state index contributed by atoms with van der Waals surface area (Å²) in [5, 5.41) is 6.69. The van der Waals surface area contributed by atoms with Crippen molar-refractivity contribution >= 4 is 51.5 Å². The Balaban J connectivity index is 0.00000144. The fraction of sp³-hybridized carbons (Fsp3) is 0.364. The van der Waals surface area contributed by atoms with Crippen LogP contribution >= 0.6 is 39.9 Å². The summed E-state index contributed by atoms with van der Waals surface area (Å²) in [5.41, 5.74) is 0.771. The molecule has 0 radical (unpaired) electrons. The van der Waals surface area contributed by atoms with E-state index in [1.165, 1.54) is 0 Å². The van der Waals surface area contributed by atoms with Gasteiger partial charge in [0.1, 0.15) is 0 Å². The summed E-state index contributed by atoms with van der Waals surface area (Å²) < 4.78 is 0.788. The number of carbonyl (C=O) groups excluding carboxylic acids is 1. The Labute approximate surface area is 120 Å². The molecule has 17 heavy (non-hydrogen) atoms. The van der Waals surface area contributed by atoms with Crippen LogP contribution in [0.25, 0.3) is 0 Å². The van der Waals surface area contributed by atoms with Crippen LogP contribution in [0.5, 0.6) is 0 Å². The lowest BCUT2D eigenvalue weighted by Gasteiger charge is -2.10. The van der Waals surface area contributed by atoms with E-state index in [1.807, 2.05) is 6.07 Å². The van der Waals surface area contributed by atoms with E-state index in [2.05, 4.69) is 26.6 Å². The number of carbonyl (C=O) groups is 1. The third-order valence-corrected chi connectivity index (χ3v) is 3.83. The Bertz CT molecular complexity index is 408. The maximum Gasteiger partial charge on any atom is 0.228 e. The van der Waals surface area contributed by atoms with Crippen LogP contribution in [0.1, 0.15) is 6.42 Å². The minimum atomic E-state index is 0. The lowest BCUT2D eigenvalue weighted by Crippen LogP contribution is -2.24. The molecule has 1 fully saturated rings. The number of rotatable bonds is 2. The molecule has 2 N–H and O–H groups in total. The Morgan fingerprint density at radius 3 is 2.88 bits per heavy atom. The van der Waals surface area contributed by atoms with Gasteiger partial charge in [0.2, 0.25) is 5.91 Å². The van der Waals surface area contributed by atoms with Gasteiger partial charge in [-0.15, -0.1) is 12.4 Å². The smallest absolute Gasteiger partial charge is 0.228 e. The highest BCUT2D eigenvalue weighted by Crippen LogP contribution is 2.26. The summed E-state index contributed by atoms with van der Waals surface area (Å²) >= 11 is 9.20. The van der Waals surface area contributed by atoms with Crippen molar-refractivity contribution in [2.75, 3.05) is 18.4 Å². The lowest BCUT2D eigenvalue weighted by molar-refractivity contribution is -0.119. The molecular weight excluding hydrogens is 327 g/mol. The second kappa shape index (κ2) is 6.59. The molecule has 1 amide bonds.